The molecule has 2 N–H and O–H groups in total. The van der Waals surface area contributed by atoms with E-state index in [-0.39, 0.29) is 11.7 Å². The van der Waals surface area contributed by atoms with Crippen molar-refractivity contribution < 1.29 is 19.1 Å². The summed E-state index contributed by atoms with van der Waals surface area (Å²) in [6.07, 6.45) is 0. The molecule has 2 aromatic carbocycles. The number of carboxylic acid groups (broad SMARTS) is 1. The van der Waals surface area contributed by atoms with Crippen LogP contribution >= 0.6 is 15.9 Å². The van der Waals surface area contributed by atoms with E-state index in [1.54, 1.807) is 36.4 Å². The summed E-state index contributed by atoms with van der Waals surface area (Å²) in [7, 11) is 0. The minimum absolute atomic E-state index is 0.159. The SMILES string of the molecule is Cc1ccc(C(=O)Nc2cc(Br)ccc2-c2ccc(C(=O)O)o2)cc1. The molecular weight excluding hydrogens is 386 g/mol. The van der Waals surface area contributed by atoms with E-state index < -0.39 is 5.97 Å². The lowest BCUT2D eigenvalue weighted by molar-refractivity contribution is 0.0663. The number of hydrogen-bond acceptors (Lipinski definition) is 3. The molecule has 1 heterocycles. The van der Waals surface area contributed by atoms with Crippen LogP contribution in [0.15, 0.2) is 63.5 Å². The number of hydrogen-bond donors (Lipinski definition) is 2. The number of anilines is 1. The van der Waals surface area contributed by atoms with Gasteiger partial charge in [-0.1, -0.05) is 33.6 Å². The maximum absolute atomic E-state index is 12.5. The van der Waals surface area contributed by atoms with Gasteiger partial charge in [0.1, 0.15) is 5.76 Å². The van der Waals surface area contributed by atoms with Gasteiger partial charge in [0, 0.05) is 15.6 Å². The lowest BCUT2D eigenvalue weighted by Gasteiger charge is -2.10. The van der Waals surface area contributed by atoms with Crippen LogP contribution < -0.4 is 5.32 Å². The molecule has 3 aromatic rings. The minimum Gasteiger partial charge on any atom is -0.475 e. The van der Waals surface area contributed by atoms with Gasteiger partial charge in [-0.2, -0.15) is 0 Å². The van der Waals surface area contributed by atoms with Crippen molar-refractivity contribution in [3.63, 3.8) is 0 Å². The van der Waals surface area contributed by atoms with Gasteiger partial charge in [-0.05, 0) is 49.4 Å². The van der Waals surface area contributed by atoms with Crippen LogP contribution in [-0.2, 0) is 0 Å². The first kappa shape index (κ1) is 17.0. The third-order valence-electron chi connectivity index (χ3n) is 3.63. The molecule has 126 valence electrons. The molecule has 6 heteroatoms. The van der Waals surface area contributed by atoms with Crippen LogP contribution in [0.5, 0.6) is 0 Å². The number of halogens is 1. The Morgan fingerprint density at radius 1 is 1.04 bits per heavy atom. The van der Waals surface area contributed by atoms with E-state index in [0.717, 1.165) is 10.0 Å². The van der Waals surface area contributed by atoms with Crippen molar-refractivity contribution in [1.82, 2.24) is 0 Å². The van der Waals surface area contributed by atoms with Gasteiger partial charge in [0.2, 0.25) is 5.76 Å². The van der Waals surface area contributed by atoms with Crippen molar-refractivity contribution in [2.45, 2.75) is 6.92 Å². The molecule has 0 aliphatic rings. The molecule has 0 bridgehead atoms. The van der Waals surface area contributed by atoms with Crippen LogP contribution in [0.1, 0.15) is 26.5 Å². The van der Waals surface area contributed by atoms with Crippen molar-refractivity contribution >= 4 is 33.5 Å². The van der Waals surface area contributed by atoms with Crippen molar-refractivity contribution in [1.29, 1.82) is 0 Å². The number of aryl methyl sites for hydroxylation is 1. The number of rotatable bonds is 4. The lowest BCUT2D eigenvalue weighted by Crippen LogP contribution is -2.12. The van der Waals surface area contributed by atoms with Gasteiger partial charge < -0.3 is 14.8 Å². The molecule has 0 saturated carbocycles. The van der Waals surface area contributed by atoms with Crippen molar-refractivity contribution in [3.05, 3.63) is 76.0 Å². The molecular formula is C19H14BrNO4. The lowest BCUT2D eigenvalue weighted by atomic mass is 10.1. The highest BCUT2D eigenvalue weighted by atomic mass is 79.9. The topological polar surface area (TPSA) is 79.5 Å². The summed E-state index contributed by atoms with van der Waals surface area (Å²) in [5.41, 5.74) is 2.71. The fraction of sp³-hybridized carbons (Fsp3) is 0.0526. The summed E-state index contributed by atoms with van der Waals surface area (Å²) in [5, 5.41) is 11.9. The van der Waals surface area contributed by atoms with Crippen LogP contribution in [0, 0.1) is 6.92 Å². The molecule has 0 aliphatic heterocycles. The summed E-state index contributed by atoms with van der Waals surface area (Å²) in [6, 6.07) is 15.4. The Hall–Kier alpha value is -2.86. The number of carbonyl (C=O) groups excluding carboxylic acids is 1. The maximum Gasteiger partial charge on any atom is 0.371 e. The normalized spacial score (nSPS) is 10.5. The predicted molar refractivity (Wildman–Crippen MR) is 97.9 cm³/mol. The van der Waals surface area contributed by atoms with E-state index in [1.165, 1.54) is 6.07 Å². The van der Waals surface area contributed by atoms with Crippen molar-refractivity contribution in [2.24, 2.45) is 0 Å². The molecule has 0 radical (unpaired) electrons. The highest BCUT2D eigenvalue weighted by Gasteiger charge is 2.15. The highest BCUT2D eigenvalue weighted by Crippen LogP contribution is 2.32. The fourth-order valence-electron chi connectivity index (χ4n) is 2.33. The third kappa shape index (κ3) is 3.80. The average Bonchev–Trinajstić information content (AvgIpc) is 3.05. The second kappa shape index (κ2) is 6.94. The van der Waals surface area contributed by atoms with Gasteiger partial charge in [0.05, 0.1) is 5.69 Å². The summed E-state index contributed by atoms with van der Waals surface area (Å²) in [5.74, 6) is -1.20. The second-order valence-electron chi connectivity index (χ2n) is 5.48. The third-order valence-corrected chi connectivity index (χ3v) is 4.12. The van der Waals surface area contributed by atoms with Gasteiger partial charge in [0.15, 0.2) is 0 Å². The molecule has 0 saturated heterocycles. The van der Waals surface area contributed by atoms with E-state index >= 15 is 0 Å². The summed E-state index contributed by atoms with van der Waals surface area (Å²) >= 11 is 3.38. The van der Waals surface area contributed by atoms with Crippen molar-refractivity contribution in [2.75, 3.05) is 5.32 Å². The Labute approximate surface area is 152 Å². The quantitative estimate of drug-likeness (QED) is 0.648. The zero-order valence-corrected chi connectivity index (χ0v) is 14.8. The second-order valence-corrected chi connectivity index (χ2v) is 6.39. The van der Waals surface area contributed by atoms with E-state index in [9.17, 15) is 9.59 Å². The van der Waals surface area contributed by atoms with E-state index in [1.807, 2.05) is 19.1 Å². The number of carboxylic acids is 1. The van der Waals surface area contributed by atoms with Gasteiger partial charge in [-0.3, -0.25) is 4.79 Å². The first-order chi connectivity index (χ1) is 11.9. The van der Waals surface area contributed by atoms with Gasteiger partial charge in [0.25, 0.3) is 5.91 Å². The molecule has 0 aliphatic carbocycles. The van der Waals surface area contributed by atoms with Gasteiger partial charge in [-0.15, -0.1) is 0 Å². The zero-order chi connectivity index (χ0) is 18.0. The summed E-state index contributed by atoms with van der Waals surface area (Å²) in [6.45, 7) is 1.95. The Balaban J connectivity index is 1.95. The number of amides is 1. The number of benzene rings is 2. The van der Waals surface area contributed by atoms with Crippen molar-refractivity contribution in [3.8, 4) is 11.3 Å². The van der Waals surface area contributed by atoms with E-state index in [0.29, 0.717) is 22.6 Å². The van der Waals surface area contributed by atoms with Crippen LogP contribution in [0.4, 0.5) is 5.69 Å². The van der Waals surface area contributed by atoms with Crippen LogP contribution in [-0.4, -0.2) is 17.0 Å². The van der Waals surface area contributed by atoms with Gasteiger partial charge >= 0.3 is 5.97 Å². The van der Waals surface area contributed by atoms with E-state index in [4.69, 9.17) is 9.52 Å². The average molecular weight is 400 g/mol. The molecule has 5 nitrogen and oxygen atoms in total. The summed E-state index contributed by atoms with van der Waals surface area (Å²) in [4.78, 5) is 23.5. The molecule has 3 rings (SSSR count). The molecule has 1 amide bonds. The molecule has 0 spiro atoms. The standard InChI is InChI=1S/C19H14BrNO4/c1-11-2-4-12(5-3-11)18(22)21-15-10-13(20)6-7-14(15)16-8-9-17(25-16)19(23)24/h2-10H,1H3,(H,21,22)(H,23,24). The van der Waals surface area contributed by atoms with Gasteiger partial charge in [-0.25, -0.2) is 4.79 Å². The Kier molecular flexibility index (Phi) is 4.72. The smallest absolute Gasteiger partial charge is 0.371 e. The van der Waals surface area contributed by atoms with Crippen LogP contribution in [0.2, 0.25) is 0 Å². The summed E-state index contributed by atoms with van der Waals surface area (Å²) < 4.78 is 6.13. The molecule has 0 atom stereocenters. The highest BCUT2D eigenvalue weighted by molar-refractivity contribution is 9.10. The number of aromatic carboxylic acids is 1. The Morgan fingerprint density at radius 2 is 1.76 bits per heavy atom. The van der Waals surface area contributed by atoms with Crippen LogP contribution in [0.3, 0.4) is 0 Å². The first-order valence-corrected chi connectivity index (χ1v) is 8.24. The fourth-order valence-corrected chi connectivity index (χ4v) is 2.69. The largest absolute Gasteiger partial charge is 0.475 e. The Morgan fingerprint density at radius 3 is 2.40 bits per heavy atom. The number of nitrogens with one attached hydrogen (secondary N) is 1. The minimum atomic E-state index is -1.14. The molecule has 0 unspecified atom stereocenters. The number of furan rings is 1. The zero-order valence-electron chi connectivity index (χ0n) is 13.2. The predicted octanol–water partition coefficient (Wildman–Crippen LogP) is 4.97. The van der Waals surface area contributed by atoms with Crippen LogP contribution in [0.25, 0.3) is 11.3 Å². The monoisotopic (exact) mass is 399 g/mol. The molecule has 0 fully saturated rings. The Bertz CT molecular complexity index is 944. The first-order valence-electron chi connectivity index (χ1n) is 7.45. The van der Waals surface area contributed by atoms with E-state index in [2.05, 4.69) is 21.2 Å². The molecule has 25 heavy (non-hydrogen) atoms. The molecule has 1 aromatic heterocycles. The number of carbonyl (C=O) groups is 2. The maximum atomic E-state index is 12.5.